The number of rotatable bonds is 6. The van der Waals surface area contributed by atoms with Crippen LogP contribution in [0.5, 0.6) is 0 Å². The number of hydrogen-bond acceptors (Lipinski definition) is 4. The third-order valence-corrected chi connectivity index (χ3v) is 4.46. The van der Waals surface area contributed by atoms with E-state index in [4.69, 9.17) is 0 Å². The standard InChI is InChI=1S/C16H25N3O2/c1-4-14-10-9-12(3)18(14)11-13-7-6-8-15(19(20)21)16(13)17-5-2/h6-8,12,14,17H,4-5,9-11H2,1-3H3. The summed E-state index contributed by atoms with van der Waals surface area (Å²) in [6.45, 7) is 7.90. The first-order valence-corrected chi connectivity index (χ1v) is 7.84. The van der Waals surface area contributed by atoms with Crippen LogP contribution in [0, 0.1) is 10.1 Å². The van der Waals surface area contributed by atoms with Crippen LogP contribution in [0.3, 0.4) is 0 Å². The number of para-hydroxylation sites is 1. The molecule has 1 aromatic rings. The van der Waals surface area contributed by atoms with E-state index in [-0.39, 0.29) is 10.6 Å². The van der Waals surface area contributed by atoms with Crippen LogP contribution in [0.1, 0.15) is 45.6 Å². The van der Waals surface area contributed by atoms with Crippen LogP contribution in [0.25, 0.3) is 0 Å². The maximum Gasteiger partial charge on any atom is 0.292 e. The number of nitro groups is 1. The largest absolute Gasteiger partial charge is 0.380 e. The van der Waals surface area contributed by atoms with Gasteiger partial charge in [0.05, 0.1) is 4.92 Å². The summed E-state index contributed by atoms with van der Waals surface area (Å²) in [4.78, 5) is 13.4. The van der Waals surface area contributed by atoms with Gasteiger partial charge in [-0.05, 0) is 38.7 Å². The second-order valence-corrected chi connectivity index (χ2v) is 5.76. The zero-order valence-electron chi connectivity index (χ0n) is 13.1. The van der Waals surface area contributed by atoms with E-state index in [0.717, 1.165) is 18.5 Å². The van der Waals surface area contributed by atoms with E-state index in [1.54, 1.807) is 12.1 Å². The number of anilines is 1. The van der Waals surface area contributed by atoms with Gasteiger partial charge in [-0.15, -0.1) is 0 Å². The van der Waals surface area contributed by atoms with E-state index < -0.39 is 0 Å². The number of hydrogen-bond donors (Lipinski definition) is 1. The third kappa shape index (κ3) is 3.35. The van der Waals surface area contributed by atoms with Crippen molar-refractivity contribution in [2.75, 3.05) is 11.9 Å². The molecule has 1 N–H and O–H groups in total. The fraction of sp³-hybridized carbons (Fsp3) is 0.625. The Balaban J connectivity index is 2.30. The number of nitrogens with zero attached hydrogens (tertiary/aromatic N) is 2. The molecule has 2 unspecified atom stereocenters. The smallest absolute Gasteiger partial charge is 0.292 e. The summed E-state index contributed by atoms with van der Waals surface area (Å²) in [7, 11) is 0. The van der Waals surface area contributed by atoms with Gasteiger partial charge in [0.15, 0.2) is 0 Å². The van der Waals surface area contributed by atoms with Crippen molar-refractivity contribution in [1.82, 2.24) is 4.90 Å². The van der Waals surface area contributed by atoms with Gasteiger partial charge >= 0.3 is 0 Å². The molecule has 0 radical (unpaired) electrons. The zero-order chi connectivity index (χ0) is 15.4. The number of nitrogens with one attached hydrogen (secondary N) is 1. The van der Waals surface area contributed by atoms with Crippen molar-refractivity contribution < 1.29 is 4.92 Å². The Morgan fingerprint density at radius 2 is 2.14 bits per heavy atom. The number of likely N-dealkylation sites (tertiary alicyclic amines) is 1. The highest BCUT2D eigenvalue weighted by molar-refractivity contribution is 5.66. The highest BCUT2D eigenvalue weighted by Gasteiger charge is 2.30. The summed E-state index contributed by atoms with van der Waals surface area (Å²) in [5, 5.41) is 14.4. The predicted molar refractivity (Wildman–Crippen MR) is 85.6 cm³/mol. The van der Waals surface area contributed by atoms with Gasteiger partial charge in [0.25, 0.3) is 5.69 Å². The average molecular weight is 291 g/mol. The Morgan fingerprint density at radius 3 is 2.76 bits per heavy atom. The monoisotopic (exact) mass is 291 g/mol. The summed E-state index contributed by atoms with van der Waals surface area (Å²) >= 11 is 0. The van der Waals surface area contributed by atoms with E-state index in [9.17, 15) is 10.1 Å². The molecule has 1 heterocycles. The summed E-state index contributed by atoms with van der Waals surface area (Å²) in [5.41, 5.74) is 1.88. The van der Waals surface area contributed by atoms with E-state index in [1.807, 2.05) is 13.0 Å². The maximum atomic E-state index is 11.2. The molecule has 0 bridgehead atoms. The molecule has 21 heavy (non-hydrogen) atoms. The number of benzene rings is 1. The molecular formula is C16H25N3O2. The van der Waals surface area contributed by atoms with E-state index in [0.29, 0.717) is 24.3 Å². The molecule has 0 spiro atoms. The molecule has 0 amide bonds. The lowest BCUT2D eigenvalue weighted by Gasteiger charge is -2.28. The van der Waals surface area contributed by atoms with Crippen LogP contribution in [-0.4, -0.2) is 28.5 Å². The van der Waals surface area contributed by atoms with Crippen molar-refractivity contribution in [2.24, 2.45) is 0 Å². The van der Waals surface area contributed by atoms with Gasteiger partial charge in [-0.1, -0.05) is 19.1 Å². The third-order valence-electron chi connectivity index (χ3n) is 4.46. The predicted octanol–water partition coefficient (Wildman–Crippen LogP) is 3.79. The van der Waals surface area contributed by atoms with Crippen LogP contribution in [0.2, 0.25) is 0 Å². The SMILES string of the molecule is CCNc1c(CN2C(C)CCC2CC)cccc1[N+](=O)[O-]. The second-order valence-electron chi connectivity index (χ2n) is 5.76. The van der Waals surface area contributed by atoms with Gasteiger partial charge in [0, 0.05) is 31.2 Å². The van der Waals surface area contributed by atoms with Crippen LogP contribution in [0.15, 0.2) is 18.2 Å². The summed E-state index contributed by atoms with van der Waals surface area (Å²) < 4.78 is 0. The van der Waals surface area contributed by atoms with Crippen molar-refractivity contribution >= 4 is 11.4 Å². The van der Waals surface area contributed by atoms with Gasteiger partial charge in [-0.2, -0.15) is 0 Å². The molecule has 0 aromatic heterocycles. The number of nitro benzene ring substituents is 1. The second kappa shape index (κ2) is 6.89. The van der Waals surface area contributed by atoms with E-state index >= 15 is 0 Å². The molecule has 1 aliphatic heterocycles. The zero-order valence-corrected chi connectivity index (χ0v) is 13.1. The minimum absolute atomic E-state index is 0.175. The van der Waals surface area contributed by atoms with Crippen LogP contribution in [-0.2, 0) is 6.54 Å². The Hall–Kier alpha value is -1.62. The van der Waals surface area contributed by atoms with Gasteiger partial charge in [0.2, 0.25) is 0 Å². The molecule has 1 saturated heterocycles. The highest BCUT2D eigenvalue weighted by atomic mass is 16.6. The van der Waals surface area contributed by atoms with Crippen molar-refractivity contribution in [1.29, 1.82) is 0 Å². The van der Waals surface area contributed by atoms with Crippen LogP contribution >= 0.6 is 0 Å². The lowest BCUT2D eigenvalue weighted by molar-refractivity contribution is -0.384. The molecule has 5 heteroatoms. The molecule has 0 aliphatic carbocycles. The van der Waals surface area contributed by atoms with Crippen molar-refractivity contribution in [2.45, 2.75) is 58.7 Å². The Kier molecular flexibility index (Phi) is 5.17. The highest BCUT2D eigenvalue weighted by Crippen LogP contribution is 2.33. The van der Waals surface area contributed by atoms with Crippen LogP contribution in [0.4, 0.5) is 11.4 Å². The van der Waals surface area contributed by atoms with Crippen LogP contribution < -0.4 is 5.32 Å². The van der Waals surface area contributed by atoms with E-state index in [2.05, 4.69) is 24.1 Å². The van der Waals surface area contributed by atoms with Gasteiger partial charge in [0.1, 0.15) is 5.69 Å². The van der Waals surface area contributed by atoms with Gasteiger partial charge in [-0.25, -0.2) is 0 Å². The molecule has 1 aliphatic rings. The Bertz CT molecular complexity index is 504. The molecule has 0 saturated carbocycles. The first kappa shape index (κ1) is 15.8. The lowest BCUT2D eigenvalue weighted by atomic mass is 10.1. The first-order chi connectivity index (χ1) is 10.1. The molecule has 116 valence electrons. The van der Waals surface area contributed by atoms with Crippen molar-refractivity contribution in [3.63, 3.8) is 0 Å². The molecular weight excluding hydrogens is 266 g/mol. The topological polar surface area (TPSA) is 58.4 Å². The van der Waals surface area contributed by atoms with E-state index in [1.165, 1.54) is 12.8 Å². The fourth-order valence-corrected chi connectivity index (χ4v) is 3.30. The summed E-state index contributed by atoms with van der Waals surface area (Å²) in [6.07, 6.45) is 3.57. The fourth-order valence-electron chi connectivity index (χ4n) is 3.30. The molecule has 2 atom stereocenters. The first-order valence-electron chi connectivity index (χ1n) is 7.84. The lowest BCUT2D eigenvalue weighted by Crippen LogP contribution is -2.33. The van der Waals surface area contributed by atoms with Crippen molar-refractivity contribution in [3.8, 4) is 0 Å². The molecule has 5 nitrogen and oxygen atoms in total. The summed E-state index contributed by atoms with van der Waals surface area (Å²) in [6, 6.07) is 6.50. The van der Waals surface area contributed by atoms with Gasteiger partial charge in [-0.3, -0.25) is 15.0 Å². The maximum absolute atomic E-state index is 11.2. The van der Waals surface area contributed by atoms with Crippen molar-refractivity contribution in [3.05, 3.63) is 33.9 Å². The normalized spacial score (nSPS) is 22.4. The Labute approximate surface area is 126 Å². The quantitative estimate of drug-likeness (QED) is 0.640. The molecule has 1 fully saturated rings. The minimum Gasteiger partial charge on any atom is -0.380 e. The minimum atomic E-state index is -0.299. The average Bonchev–Trinajstić information content (AvgIpc) is 2.81. The summed E-state index contributed by atoms with van der Waals surface area (Å²) in [5.74, 6) is 0. The molecule has 2 rings (SSSR count). The molecule has 1 aromatic carbocycles. The Morgan fingerprint density at radius 1 is 1.38 bits per heavy atom. The van der Waals surface area contributed by atoms with Gasteiger partial charge < -0.3 is 5.32 Å².